The number of amides is 1. The molecule has 1 aromatic carbocycles. The Morgan fingerprint density at radius 1 is 1.37 bits per heavy atom. The van der Waals surface area contributed by atoms with Crippen molar-refractivity contribution in [2.75, 3.05) is 32.1 Å². The molecule has 106 valence electrons. The Labute approximate surface area is 123 Å². The first-order valence-corrected chi connectivity index (χ1v) is 7.30. The summed E-state index contributed by atoms with van der Waals surface area (Å²) in [5, 5.41) is 5.80. The van der Waals surface area contributed by atoms with E-state index < -0.39 is 0 Å². The van der Waals surface area contributed by atoms with Gasteiger partial charge < -0.3 is 15.5 Å². The number of carbonyl (C=O) groups is 1. The second kappa shape index (κ2) is 8.17. The average molecular weight is 328 g/mol. The lowest BCUT2D eigenvalue weighted by atomic mass is 10.2. The second-order valence-electron chi connectivity index (χ2n) is 4.41. The van der Waals surface area contributed by atoms with Crippen LogP contribution in [0.4, 0.5) is 5.69 Å². The van der Waals surface area contributed by atoms with Gasteiger partial charge in [0, 0.05) is 24.6 Å². The number of nitrogens with one attached hydrogen (secondary N) is 2. The van der Waals surface area contributed by atoms with E-state index in [1.807, 2.05) is 7.05 Å². The van der Waals surface area contributed by atoms with Crippen LogP contribution in [0.25, 0.3) is 0 Å². The number of likely N-dealkylation sites (N-methyl/N-ethyl adjacent to an activating group) is 1. The number of hydrogen-bond acceptors (Lipinski definition) is 3. The van der Waals surface area contributed by atoms with Gasteiger partial charge in [-0.05, 0) is 47.1 Å². The molecule has 0 bridgehead atoms. The lowest BCUT2D eigenvalue weighted by Gasteiger charge is -2.25. The van der Waals surface area contributed by atoms with Gasteiger partial charge in [0.1, 0.15) is 0 Å². The van der Waals surface area contributed by atoms with Crippen molar-refractivity contribution in [2.45, 2.75) is 19.9 Å². The highest BCUT2D eigenvalue weighted by Gasteiger charge is 2.13. The monoisotopic (exact) mass is 327 g/mol. The molecule has 0 aliphatic carbocycles. The normalized spacial score (nSPS) is 10.3. The third kappa shape index (κ3) is 4.84. The predicted molar refractivity (Wildman–Crippen MR) is 83.5 cm³/mol. The van der Waals surface area contributed by atoms with E-state index in [1.165, 1.54) is 5.56 Å². The third-order valence-electron chi connectivity index (χ3n) is 2.84. The predicted octanol–water partition coefficient (Wildman–Crippen LogP) is 2.13. The van der Waals surface area contributed by atoms with E-state index in [-0.39, 0.29) is 5.91 Å². The van der Waals surface area contributed by atoms with Crippen LogP contribution >= 0.6 is 15.9 Å². The molecule has 1 rings (SSSR count). The van der Waals surface area contributed by atoms with Crippen molar-refractivity contribution in [1.82, 2.24) is 10.6 Å². The average Bonchev–Trinajstić information content (AvgIpc) is 2.39. The number of halogens is 1. The van der Waals surface area contributed by atoms with Crippen LogP contribution in [-0.4, -0.2) is 33.1 Å². The molecule has 0 aliphatic rings. The summed E-state index contributed by atoms with van der Waals surface area (Å²) in [6.07, 6.45) is 1.00. The summed E-state index contributed by atoms with van der Waals surface area (Å²) in [6.45, 7) is 4.19. The zero-order chi connectivity index (χ0) is 14.3. The van der Waals surface area contributed by atoms with Crippen LogP contribution in [0.3, 0.4) is 0 Å². The Morgan fingerprint density at radius 2 is 2.11 bits per heavy atom. The summed E-state index contributed by atoms with van der Waals surface area (Å²) in [5.41, 5.74) is 2.28. The minimum Gasteiger partial charge on any atom is -0.361 e. The standard InChI is InChI=1S/C14H22BrN3O/c1-4-7-18(10-14(19)17-3)13-6-5-11(9-16-2)8-12(13)15/h5-6,8,16H,4,7,9-10H2,1-3H3,(H,17,19). The lowest BCUT2D eigenvalue weighted by Crippen LogP contribution is -2.36. The molecule has 0 atom stereocenters. The highest BCUT2D eigenvalue weighted by molar-refractivity contribution is 9.10. The van der Waals surface area contributed by atoms with Crippen LogP contribution in [0.15, 0.2) is 22.7 Å². The molecule has 4 nitrogen and oxygen atoms in total. The third-order valence-corrected chi connectivity index (χ3v) is 3.48. The molecule has 19 heavy (non-hydrogen) atoms. The number of hydrogen-bond donors (Lipinski definition) is 2. The fraction of sp³-hybridized carbons (Fsp3) is 0.500. The van der Waals surface area contributed by atoms with Gasteiger partial charge in [-0.3, -0.25) is 4.79 Å². The van der Waals surface area contributed by atoms with Gasteiger partial charge in [-0.15, -0.1) is 0 Å². The van der Waals surface area contributed by atoms with E-state index in [9.17, 15) is 4.79 Å². The van der Waals surface area contributed by atoms with Crippen molar-refractivity contribution < 1.29 is 4.79 Å². The summed E-state index contributed by atoms with van der Waals surface area (Å²) >= 11 is 3.60. The summed E-state index contributed by atoms with van der Waals surface area (Å²) in [7, 11) is 3.59. The number of benzene rings is 1. The first-order valence-electron chi connectivity index (χ1n) is 6.50. The smallest absolute Gasteiger partial charge is 0.239 e. The van der Waals surface area contributed by atoms with Gasteiger partial charge >= 0.3 is 0 Å². The Balaban J connectivity index is 2.92. The molecule has 0 saturated carbocycles. The van der Waals surface area contributed by atoms with Crippen LogP contribution in [0.5, 0.6) is 0 Å². The van der Waals surface area contributed by atoms with E-state index in [4.69, 9.17) is 0 Å². The summed E-state index contributed by atoms with van der Waals surface area (Å²) in [5.74, 6) is 0.0275. The van der Waals surface area contributed by atoms with E-state index >= 15 is 0 Å². The summed E-state index contributed by atoms with van der Waals surface area (Å²) < 4.78 is 1.03. The first-order chi connectivity index (χ1) is 9.12. The van der Waals surface area contributed by atoms with Crippen LogP contribution in [0, 0.1) is 0 Å². The minimum absolute atomic E-state index is 0.0275. The minimum atomic E-state index is 0.0275. The molecule has 0 saturated heterocycles. The van der Waals surface area contributed by atoms with E-state index in [2.05, 4.69) is 56.6 Å². The van der Waals surface area contributed by atoms with Gasteiger partial charge in [-0.1, -0.05) is 13.0 Å². The number of nitrogens with zero attached hydrogens (tertiary/aromatic N) is 1. The maximum absolute atomic E-state index is 11.6. The van der Waals surface area contributed by atoms with Crippen molar-refractivity contribution in [3.63, 3.8) is 0 Å². The Morgan fingerprint density at radius 3 is 2.63 bits per heavy atom. The maximum atomic E-state index is 11.6. The van der Waals surface area contributed by atoms with E-state index in [0.29, 0.717) is 6.54 Å². The lowest BCUT2D eigenvalue weighted by molar-refractivity contribution is -0.119. The van der Waals surface area contributed by atoms with Gasteiger partial charge in [-0.25, -0.2) is 0 Å². The molecular weight excluding hydrogens is 306 g/mol. The highest BCUT2D eigenvalue weighted by atomic mass is 79.9. The van der Waals surface area contributed by atoms with E-state index in [0.717, 1.165) is 29.7 Å². The molecule has 0 aromatic heterocycles. The highest BCUT2D eigenvalue weighted by Crippen LogP contribution is 2.27. The van der Waals surface area contributed by atoms with Crippen molar-refractivity contribution in [3.8, 4) is 0 Å². The van der Waals surface area contributed by atoms with Crippen LogP contribution in [0.2, 0.25) is 0 Å². The Bertz CT molecular complexity index is 423. The molecule has 0 unspecified atom stereocenters. The van der Waals surface area contributed by atoms with Gasteiger partial charge in [-0.2, -0.15) is 0 Å². The molecule has 1 amide bonds. The topological polar surface area (TPSA) is 44.4 Å². The Kier molecular flexibility index (Phi) is 6.87. The van der Waals surface area contributed by atoms with Gasteiger partial charge in [0.2, 0.25) is 5.91 Å². The number of carbonyl (C=O) groups excluding carboxylic acids is 1. The quantitative estimate of drug-likeness (QED) is 0.806. The largest absolute Gasteiger partial charge is 0.361 e. The van der Waals surface area contributed by atoms with Crippen LogP contribution in [0.1, 0.15) is 18.9 Å². The SMILES string of the molecule is CCCN(CC(=O)NC)c1ccc(CNC)cc1Br. The maximum Gasteiger partial charge on any atom is 0.239 e. The van der Waals surface area contributed by atoms with Crippen LogP contribution in [-0.2, 0) is 11.3 Å². The van der Waals surface area contributed by atoms with Crippen molar-refractivity contribution in [1.29, 1.82) is 0 Å². The first kappa shape index (κ1) is 16.0. The number of anilines is 1. The molecule has 0 aliphatic heterocycles. The molecule has 1 aromatic rings. The molecule has 5 heteroatoms. The van der Waals surface area contributed by atoms with Crippen molar-refractivity contribution >= 4 is 27.5 Å². The molecule has 2 N–H and O–H groups in total. The van der Waals surface area contributed by atoms with Gasteiger partial charge in [0.05, 0.1) is 12.2 Å². The molecule has 0 spiro atoms. The van der Waals surface area contributed by atoms with Gasteiger partial charge in [0.25, 0.3) is 0 Å². The second-order valence-corrected chi connectivity index (χ2v) is 5.27. The molecule has 0 radical (unpaired) electrons. The summed E-state index contributed by atoms with van der Waals surface area (Å²) in [6, 6.07) is 6.25. The van der Waals surface area contributed by atoms with Crippen molar-refractivity contribution in [3.05, 3.63) is 28.2 Å². The van der Waals surface area contributed by atoms with Gasteiger partial charge in [0.15, 0.2) is 0 Å². The van der Waals surface area contributed by atoms with Crippen LogP contribution < -0.4 is 15.5 Å². The van der Waals surface area contributed by atoms with Crippen molar-refractivity contribution in [2.24, 2.45) is 0 Å². The molecule has 0 fully saturated rings. The van der Waals surface area contributed by atoms with E-state index in [1.54, 1.807) is 7.05 Å². The fourth-order valence-electron chi connectivity index (χ4n) is 1.93. The molecule has 0 heterocycles. The molecular formula is C14H22BrN3O. The zero-order valence-corrected chi connectivity index (χ0v) is 13.4. The Hall–Kier alpha value is -1.07. The fourth-order valence-corrected chi connectivity index (χ4v) is 2.60. The zero-order valence-electron chi connectivity index (χ0n) is 11.8. The number of rotatable bonds is 7. The summed E-state index contributed by atoms with van der Waals surface area (Å²) in [4.78, 5) is 13.7.